The molecule has 3 heterocycles. The number of amides is 1. The lowest BCUT2D eigenvalue weighted by atomic mass is 10.0. The summed E-state index contributed by atoms with van der Waals surface area (Å²) in [5.74, 6) is -1.43. The summed E-state index contributed by atoms with van der Waals surface area (Å²) in [6, 6.07) is 16.2. The summed E-state index contributed by atoms with van der Waals surface area (Å²) in [4.78, 5) is 38.5. The molecular weight excluding hydrogens is 499 g/mol. The number of aryl methyl sites for hydroxylation is 2. The molecule has 5 rings (SSSR count). The Bertz CT molecular complexity index is 1540. The van der Waals surface area contributed by atoms with Crippen LogP contribution in [-0.2, 0) is 11.8 Å². The predicted molar refractivity (Wildman–Crippen MR) is 148 cm³/mol. The lowest BCUT2D eigenvalue weighted by molar-refractivity contribution is -0.112. The van der Waals surface area contributed by atoms with Crippen molar-refractivity contribution in [2.45, 2.75) is 13.8 Å². The number of carbonyl (C=O) groups excluding carboxylic acids is 2. The predicted octanol–water partition coefficient (Wildman–Crippen LogP) is 4.09. The third kappa shape index (κ3) is 5.18. The van der Waals surface area contributed by atoms with Crippen LogP contribution < -0.4 is 15.1 Å². The first-order valence-electron chi connectivity index (χ1n) is 12.6. The molecule has 2 aromatic carbocycles. The molecular formula is C29H29FN6O3. The summed E-state index contributed by atoms with van der Waals surface area (Å²) >= 11 is 0. The van der Waals surface area contributed by atoms with Crippen LogP contribution in [0.2, 0.25) is 0 Å². The standard InChI is InChI=1S/C29H29FN6O3/c1-18-15-22(20-7-5-4-6-8-20)26(34(18)3)27(38)28(39)33-21-9-10-24(25(37)16-21)35-11-13-36(14-12-35)29-31-17-23(30)19(2)32-29/h4-10,15-17,37H,11-14H2,1-3H3,(H,33,39). The van der Waals surface area contributed by atoms with Gasteiger partial charge in [0.2, 0.25) is 5.95 Å². The highest BCUT2D eigenvalue weighted by atomic mass is 19.1. The lowest BCUT2D eigenvalue weighted by Crippen LogP contribution is -2.47. The van der Waals surface area contributed by atoms with Crippen molar-refractivity contribution >= 4 is 29.0 Å². The van der Waals surface area contributed by atoms with Gasteiger partial charge in [-0.05, 0) is 37.6 Å². The van der Waals surface area contributed by atoms with Gasteiger partial charge >= 0.3 is 0 Å². The van der Waals surface area contributed by atoms with E-state index in [1.54, 1.807) is 30.7 Å². The van der Waals surface area contributed by atoms with Crippen LogP contribution in [0.25, 0.3) is 11.1 Å². The van der Waals surface area contributed by atoms with Gasteiger partial charge in [-0.15, -0.1) is 0 Å². The number of Topliss-reactive ketones (excluding diaryl/α,β-unsaturated/α-hetero) is 1. The number of piperazine rings is 1. The fraction of sp³-hybridized carbons (Fsp3) is 0.241. The van der Waals surface area contributed by atoms with E-state index in [0.29, 0.717) is 60.5 Å². The van der Waals surface area contributed by atoms with Crippen LogP contribution in [0.3, 0.4) is 0 Å². The first-order chi connectivity index (χ1) is 18.7. The van der Waals surface area contributed by atoms with E-state index in [-0.39, 0.29) is 5.75 Å². The van der Waals surface area contributed by atoms with Crippen molar-refractivity contribution in [1.29, 1.82) is 0 Å². The fourth-order valence-electron chi connectivity index (χ4n) is 4.75. The van der Waals surface area contributed by atoms with Gasteiger partial charge in [-0.1, -0.05) is 30.3 Å². The number of aromatic hydroxyl groups is 1. The monoisotopic (exact) mass is 528 g/mol. The molecule has 0 atom stereocenters. The van der Waals surface area contributed by atoms with Crippen molar-refractivity contribution in [3.8, 4) is 16.9 Å². The first kappa shape index (κ1) is 25.9. The van der Waals surface area contributed by atoms with E-state index in [1.807, 2.05) is 53.1 Å². The highest BCUT2D eigenvalue weighted by molar-refractivity contribution is 6.47. The summed E-state index contributed by atoms with van der Waals surface area (Å²) in [5.41, 5.74) is 3.92. The smallest absolute Gasteiger partial charge is 0.298 e. The van der Waals surface area contributed by atoms with Gasteiger partial charge in [0.1, 0.15) is 11.4 Å². The molecule has 0 bridgehead atoms. The zero-order valence-electron chi connectivity index (χ0n) is 22.0. The molecule has 1 fully saturated rings. The molecule has 0 radical (unpaired) electrons. The summed E-state index contributed by atoms with van der Waals surface area (Å²) in [7, 11) is 1.76. The number of rotatable bonds is 6. The van der Waals surface area contributed by atoms with Crippen LogP contribution >= 0.6 is 0 Å². The van der Waals surface area contributed by atoms with E-state index in [2.05, 4.69) is 15.3 Å². The van der Waals surface area contributed by atoms with Crippen LogP contribution in [0.1, 0.15) is 21.9 Å². The average molecular weight is 529 g/mol. The molecule has 0 saturated carbocycles. The molecule has 1 aliphatic heterocycles. The SMILES string of the molecule is Cc1nc(N2CCN(c3ccc(NC(=O)C(=O)c4c(-c5ccccc5)cc(C)n4C)cc3O)CC2)ncc1F. The Balaban J connectivity index is 1.27. The van der Waals surface area contributed by atoms with Crippen molar-refractivity contribution in [2.24, 2.45) is 7.05 Å². The number of nitrogens with zero attached hydrogens (tertiary/aromatic N) is 5. The van der Waals surface area contributed by atoms with Crippen molar-refractivity contribution in [2.75, 3.05) is 41.3 Å². The Morgan fingerprint density at radius 1 is 0.974 bits per heavy atom. The number of anilines is 3. The molecule has 0 unspecified atom stereocenters. The summed E-state index contributed by atoms with van der Waals surface area (Å²) < 4.78 is 15.2. The number of hydrogen-bond acceptors (Lipinski definition) is 7. The van der Waals surface area contributed by atoms with Gasteiger partial charge in [0.05, 0.1) is 17.6 Å². The second-order valence-corrected chi connectivity index (χ2v) is 9.54. The molecule has 10 heteroatoms. The quantitative estimate of drug-likeness (QED) is 0.287. The Hall–Kier alpha value is -4.73. The topological polar surface area (TPSA) is 104 Å². The Labute approximate surface area is 225 Å². The number of hydrogen-bond donors (Lipinski definition) is 2. The molecule has 200 valence electrons. The Morgan fingerprint density at radius 2 is 1.67 bits per heavy atom. The largest absolute Gasteiger partial charge is 0.506 e. The number of phenols is 1. The lowest BCUT2D eigenvalue weighted by Gasteiger charge is -2.36. The third-order valence-electron chi connectivity index (χ3n) is 7.02. The Morgan fingerprint density at radius 3 is 2.33 bits per heavy atom. The normalized spacial score (nSPS) is 13.4. The first-order valence-corrected chi connectivity index (χ1v) is 12.6. The second kappa shape index (κ2) is 10.6. The van der Waals surface area contributed by atoms with Crippen molar-refractivity contribution < 1.29 is 19.1 Å². The van der Waals surface area contributed by atoms with Crippen LogP contribution in [0, 0.1) is 19.7 Å². The van der Waals surface area contributed by atoms with Gasteiger partial charge in [0.25, 0.3) is 11.7 Å². The average Bonchev–Trinajstić information content (AvgIpc) is 3.24. The summed E-state index contributed by atoms with van der Waals surface area (Å²) in [6.07, 6.45) is 1.18. The van der Waals surface area contributed by atoms with E-state index >= 15 is 0 Å². The van der Waals surface area contributed by atoms with Crippen LogP contribution in [0.4, 0.5) is 21.7 Å². The van der Waals surface area contributed by atoms with E-state index in [1.165, 1.54) is 12.3 Å². The molecule has 2 N–H and O–H groups in total. The second-order valence-electron chi connectivity index (χ2n) is 9.54. The number of benzene rings is 2. The summed E-state index contributed by atoms with van der Waals surface area (Å²) in [6.45, 7) is 5.85. The van der Waals surface area contributed by atoms with E-state index < -0.39 is 17.5 Å². The molecule has 1 amide bonds. The highest BCUT2D eigenvalue weighted by Gasteiger charge is 2.26. The molecule has 9 nitrogen and oxygen atoms in total. The van der Waals surface area contributed by atoms with Gasteiger partial charge in [0.15, 0.2) is 5.82 Å². The molecule has 1 aliphatic rings. The van der Waals surface area contributed by atoms with Gasteiger partial charge in [-0.25, -0.2) is 14.4 Å². The van der Waals surface area contributed by atoms with E-state index in [9.17, 15) is 19.1 Å². The maximum absolute atomic E-state index is 13.5. The van der Waals surface area contributed by atoms with Gasteiger partial charge in [-0.2, -0.15) is 0 Å². The third-order valence-corrected chi connectivity index (χ3v) is 7.02. The minimum atomic E-state index is -0.788. The zero-order chi connectivity index (χ0) is 27.7. The van der Waals surface area contributed by atoms with Crippen molar-refractivity contribution in [3.05, 3.63) is 83.7 Å². The highest BCUT2D eigenvalue weighted by Crippen LogP contribution is 2.32. The minimum Gasteiger partial charge on any atom is -0.506 e. The van der Waals surface area contributed by atoms with Gasteiger partial charge in [0, 0.05) is 56.2 Å². The summed E-state index contributed by atoms with van der Waals surface area (Å²) in [5, 5.41) is 13.4. The van der Waals surface area contributed by atoms with Crippen LogP contribution in [-0.4, -0.2) is 57.5 Å². The van der Waals surface area contributed by atoms with Gasteiger partial charge < -0.3 is 24.8 Å². The zero-order valence-corrected chi connectivity index (χ0v) is 22.0. The molecule has 2 aromatic heterocycles. The number of ketones is 1. The van der Waals surface area contributed by atoms with Crippen LogP contribution in [0.5, 0.6) is 5.75 Å². The maximum atomic E-state index is 13.5. The van der Waals surface area contributed by atoms with E-state index in [4.69, 9.17) is 0 Å². The number of aromatic nitrogens is 3. The molecule has 1 saturated heterocycles. The maximum Gasteiger partial charge on any atom is 0.298 e. The molecule has 4 aromatic rings. The van der Waals surface area contributed by atoms with Gasteiger partial charge in [-0.3, -0.25) is 9.59 Å². The van der Waals surface area contributed by atoms with E-state index in [0.717, 1.165) is 11.3 Å². The fourth-order valence-corrected chi connectivity index (χ4v) is 4.75. The number of nitrogens with one attached hydrogen (secondary N) is 1. The number of halogens is 1. The Kier molecular flexibility index (Phi) is 7.02. The molecule has 0 aliphatic carbocycles. The number of phenolic OH excluding ortho intramolecular Hbond substituents is 1. The molecule has 39 heavy (non-hydrogen) atoms. The van der Waals surface area contributed by atoms with Crippen LogP contribution in [0.15, 0.2) is 60.8 Å². The molecule has 0 spiro atoms. The number of carbonyl (C=O) groups is 2. The van der Waals surface area contributed by atoms with Crippen molar-refractivity contribution in [3.63, 3.8) is 0 Å². The minimum absolute atomic E-state index is 0.0118. The van der Waals surface area contributed by atoms with Crippen molar-refractivity contribution in [1.82, 2.24) is 14.5 Å².